The van der Waals surface area contributed by atoms with Crippen molar-refractivity contribution in [1.82, 2.24) is 9.97 Å². The fourth-order valence-corrected chi connectivity index (χ4v) is 2.07. The third-order valence-corrected chi connectivity index (χ3v) is 3.06. The molecular formula is C11H17FN4. The van der Waals surface area contributed by atoms with Crippen molar-refractivity contribution < 1.29 is 4.39 Å². The average Bonchev–Trinajstić information content (AvgIpc) is 2.47. The van der Waals surface area contributed by atoms with Crippen molar-refractivity contribution in [3.63, 3.8) is 0 Å². The predicted octanol–water partition coefficient (Wildman–Crippen LogP) is 1.82. The molecule has 0 spiro atoms. The molecule has 0 radical (unpaired) electrons. The summed E-state index contributed by atoms with van der Waals surface area (Å²) in [7, 11) is 0. The van der Waals surface area contributed by atoms with Crippen LogP contribution in [-0.4, -0.2) is 23.1 Å². The molecule has 1 fully saturated rings. The Kier molecular flexibility index (Phi) is 3.22. The van der Waals surface area contributed by atoms with Crippen molar-refractivity contribution in [1.29, 1.82) is 0 Å². The summed E-state index contributed by atoms with van der Waals surface area (Å²) in [4.78, 5) is 9.59. The van der Waals surface area contributed by atoms with Crippen molar-refractivity contribution in [2.24, 2.45) is 5.92 Å². The van der Waals surface area contributed by atoms with E-state index in [1.54, 1.807) is 0 Å². The van der Waals surface area contributed by atoms with Crippen molar-refractivity contribution in [2.45, 2.75) is 26.2 Å². The van der Waals surface area contributed by atoms with Gasteiger partial charge in [-0.3, -0.25) is 0 Å². The molecule has 1 atom stereocenters. The van der Waals surface area contributed by atoms with Crippen LogP contribution in [0.2, 0.25) is 0 Å². The van der Waals surface area contributed by atoms with E-state index in [0.29, 0.717) is 11.7 Å². The van der Waals surface area contributed by atoms with E-state index in [1.165, 1.54) is 6.42 Å². The van der Waals surface area contributed by atoms with E-state index < -0.39 is 0 Å². The lowest BCUT2D eigenvalue weighted by atomic mass is 10.0. The fourth-order valence-electron chi connectivity index (χ4n) is 2.07. The topological polar surface area (TPSA) is 55.0 Å². The summed E-state index contributed by atoms with van der Waals surface area (Å²) in [5.74, 6) is 0.797. The van der Waals surface area contributed by atoms with Gasteiger partial charge < -0.3 is 10.6 Å². The van der Waals surface area contributed by atoms with E-state index in [2.05, 4.69) is 16.9 Å². The maximum Gasteiger partial charge on any atom is 0.222 e. The number of rotatable bonds is 1. The molecule has 4 nitrogen and oxygen atoms in total. The highest BCUT2D eigenvalue weighted by atomic mass is 19.1. The van der Waals surface area contributed by atoms with Crippen molar-refractivity contribution >= 4 is 11.8 Å². The number of hydrogen-bond donors (Lipinski definition) is 1. The first kappa shape index (κ1) is 11.1. The Labute approximate surface area is 94.7 Å². The summed E-state index contributed by atoms with van der Waals surface area (Å²) >= 11 is 0. The summed E-state index contributed by atoms with van der Waals surface area (Å²) in [6, 6.07) is 0. The van der Waals surface area contributed by atoms with E-state index in [-0.39, 0.29) is 11.8 Å². The minimum Gasteiger partial charge on any atom is -0.368 e. The van der Waals surface area contributed by atoms with E-state index in [0.717, 1.165) is 32.1 Å². The maximum atomic E-state index is 13.6. The van der Waals surface area contributed by atoms with Gasteiger partial charge in [0, 0.05) is 13.1 Å². The van der Waals surface area contributed by atoms with Crippen LogP contribution in [0.15, 0.2) is 6.20 Å². The molecule has 0 bridgehead atoms. The summed E-state index contributed by atoms with van der Waals surface area (Å²) in [6.45, 7) is 3.92. The van der Waals surface area contributed by atoms with Crippen LogP contribution in [-0.2, 0) is 0 Å². The van der Waals surface area contributed by atoms with Gasteiger partial charge in [-0.2, -0.15) is 4.98 Å². The highest BCUT2D eigenvalue weighted by Crippen LogP contribution is 2.23. The largest absolute Gasteiger partial charge is 0.368 e. The van der Waals surface area contributed by atoms with E-state index in [4.69, 9.17) is 5.73 Å². The third-order valence-electron chi connectivity index (χ3n) is 3.06. The molecule has 2 N–H and O–H groups in total. The smallest absolute Gasteiger partial charge is 0.222 e. The van der Waals surface area contributed by atoms with Gasteiger partial charge in [0.05, 0.1) is 6.20 Å². The molecule has 2 heterocycles. The Morgan fingerprint density at radius 1 is 1.44 bits per heavy atom. The van der Waals surface area contributed by atoms with Gasteiger partial charge in [0.2, 0.25) is 5.95 Å². The predicted molar refractivity (Wildman–Crippen MR) is 61.6 cm³/mol. The summed E-state index contributed by atoms with van der Waals surface area (Å²) in [5, 5.41) is 0. The molecule has 0 saturated carbocycles. The summed E-state index contributed by atoms with van der Waals surface area (Å²) in [5.41, 5.74) is 5.48. The second kappa shape index (κ2) is 4.63. The lowest BCUT2D eigenvalue weighted by molar-refractivity contribution is 0.520. The first-order valence-corrected chi connectivity index (χ1v) is 5.70. The van der Waals surface area contributed by atoms with Crippen LogP contribution in [0.5, 0.6) is 0 Å². The molecule has 0 amide bonds. The number of nitrogen functional groups attached to an aromatic ring is 1. The molecular weight excluding hydrogens is 207 g/mol. The SMILES string of the molecule is CC1CCCN(c2nc(N)ncc2F)CC1. The van der Waals surface area contributed by atoms with Gasteiger partial charge in [-0.15, -0.1) is 0 Å². The monoisotopic (exact) mass is 224 g/mol. The van der Waals surface area contributed by atoms with Crippen LogP contribution < -0.4 is 10.6 Å². The standard InChI is InChI=1S/C11H17FN4/c1-8-3-2-5-16(6-4-8)10-9(12)7-14-11(13)15-10/h7-8H,2-6H2,1H3,(H2,13,14,15). The second-order valence-electron chi connectivity index (χ2n) is 4.42. The molecule has 0 aromatic carbocycles. The molecule has 1 saturated heterocycles. The Morgan fingerprint density at radius 2 is 2.25 bits per heavy atom. The first-order valence-electron chi connectivity index (χ1n) is 5.70. The Bertz CT molecular complexity index is 369. The maximum absolute atomic E-state index is 13.6. The third kappa shape index (κ3) is 2.40. The summed E-state index contributed by atoms with van der Waals surface area (Å²) in [6.07, 6.45) is 4.48. The molecule has 2 rings (SSSR count). The Balaban J connectivity index is 2.19. The van der Waals surface area contributed by atoms with Crippen LogP contribution in [0.3, 0.4) is 0 Å². The molecule has 1 aliphatic heterocycles. The minimum absolute atomic E-state index is 0.133. The quantitative estimate of drug-likeness (QED) is 0.790. The molecule has 1 aromatic heterocycles. The van der Waals surface area contributed by atoms with E-state index >= 15 is 0 Å². The fraction of sp³-hybridized carbons (Fsp3) is 0.636. The van der Waals surface area contributed by atoms with Crippen molar-refractivity contribution in [2.75, 3.05) is 23.7 Å². The van der Waals surface area contributed by atoms with Crippen LogP contribution in [0.25, 0.3) is 0 Å². The van der Waals surface area contributed by atoms with Crippen molar-refractivity contribution in [3.8, 4) is 0 Å². The van der Waals surface area contributed by atoms with Crippen LogP contribution in [0, 0.1) is 11.7 Å². The molecule has 1 aliphatic rings. The lowest BCUT2D eigenvalue weighted by Crippen LogP contribution is -2.26. The molecule has 88 valence electrons. The lowest BCUT2D eigenvalue weighted by Gasteiger charge is -2.21. The van der Waals surface area contributed by atoms with Crippen LogP contribution in [0.4, 0.5) is 16.2 Å². The van der Waals surface area contributed by atoms with Gasteiger partial charge in [-0.25, -0.2) is 9.37 Å². The van der Waals surface area contributed by atoms with Gasteiger partial charge in [-0.05, 0) is 25.2 Å². The van der Waals surface area contributed by atoms with E-state index in [1.807, 2.05) is 4.90 Å². The molecule has 1 aromatic rings. The van der Waals surface area contributed by atoms with E-state index in [9.17, 15) is 4.39 Å². The van der Waals surface area contributed by atoms with Gasteiger partial charge in [-0.1, -0.05) is 6.92 Å². The highest BCUT2D eigenvalue weighted by Gasteiger charge is 2.18. The Morgan fingerprint density at radius 3 is 3.06 bits per heavy atom. The number of anilines is 2. The van der Waals surface area contributed by atoms with Crippen LogP contribution >= 0.6 is 0 Å². The minimum atomic E-state index is -0.385. The van der Waals surface area contributed by atoms with Crippen molar-refractivity contribution in [3.05, 3.63) is 12.0 Å². The number of nitrogens with two attached hydrogens (primary N) is 1. The molecule has 0 aliphatic carbocycles. The second-order valence-corrected chi connectivity index (χ2v) is 4.42. The molecule has 16 heavy (non-hydrogen) atoms. The number of aromatic nitrogens is 2. The van der Waals surface area contributed by atoms with Gasteiger partial charge in [0.25, 0.3) is 0 Å². The Hall–Kier alpha value is -1.39. The zero-order chi connectivity index (χ0) is 11.5. The molecule has 5 heteroatoms. The van der Waals surface area contributed by atoms with Crippen LogP contribution in [0.1, 0.15) is 26.2 Å². The van der Waals surface area contributed by atoms with Gasteiger partial charge in [0.1, 0.15) is 0 Å². The number of halogens is 1. The highest BCUT2D eigenvalue weighted by molar-refractivity contribution is 5.42. The number of hydrogen-bond acceptors (Lipinski definition) is 4. The summed E-state index contributed by atoms with van der Waals surface area (Å²) < 4.78 is 13.6. The first-order chi connectivity index (χ1) is 7.66. The zero-order valence-corrected chi connectivity index (χ0v) is 9.49. The average molecular weight is 224 g/mol. The van der Waals surface area contributed by atoms with Gasteiger partial charge in [0.15, 0.2) is 11.6 Å². The zero-order valence-electron chi connectivity index (χ0n) is 9.49. The normalized spacial score (nSPS) is 21.9. The number of nitrogens with zero attached hydrogens (tertiary/aromatic N) is 3. The van der Waals surface area contributed by atoms with Gasteiger partial charge >= 0.3 is 0 Å². The molecule has 1 unspecified atom stereocenters.